The number of amides is 1. The van der Waals surface area contributed by atoms with Crippen molar-refractivity contribution in [2.75, 3.05) is 13.1 Å². The number of nitrogens with zero attached hydrogens (tertiary/aromatic N) is 2. The smallest absolute Gasteiger partial charge is 0.263 e. The lowest BCUT2D eigenvalue weighted by molar-refractivity contribution is 0.0948. The van der Waals surface area contributed by atoms with Crippen LogP contribution in [0.4, 0.5) is 0 Å². The predicted octanol–water partition coefficient (Wildman–Crippen LogP) is 1.56. The summed E-state index contributed by atoms with van der Waals surface area (Å²) in [5, 5.41) is 7.29. The van der Waals surface area contributed by atoms with E-state index >= 15 is 0 Å². The minimum atomic E-state index is -0.306. The molecule has 0 unspecified atom stereocenters. The zero-order valence-corrected chi connectivity index (χ0v) is 15.3. The molecule has 1 fully saturated rings. The Hall–Kier alpha value is -1.99. The van der Waals surface area contributed by atoms with Crippen LogP contribution in [0, 0.1) is 19.8 Å². The highest BCUT2D eigenvalue weighted by atomic mass is 32.1. The van der Waals surface area contributed by atoms with Gasteiger partial charge in [-0.25, -0.2) is 4.98 Å². The van der Waals surface area contributed by atoms with Crippen LogP contribution in [0.3, 0.4) is 0 Å². The van der Waals surface area contributed by atoms with Crippen LogP contribution in [0.2, 0.25) is 0 Å². The Bertz CT molecular complexity index is 886. The van der Waals surface area contributed by atoms with Gasteiger partial charge in [-0.3, -0.25) is 9.59 Å². The van der Waals surface area contributed by atoms with E-state index in [1.54, 1.807) is 17.4 Å². The van der Waals surface area contributed by atoms with Gasteiger partial charge in [-0.2, -0.15) is 0 Å². The zero-order chi connectivity index (χ0) is 17.6. The number of carbonyl (C=O) groups excluding carboxylic acids is 1. The van der Waals surface area contributed by atoms with Gasteiger partial charge in [0, 0.05) is 29.6 Å². The third-order valence-corrected chi connectivity index (χ3v) is 6.24. The Morgan fingerprint density at radius 3 is 3.00 bits per heavy atom. The summed E-state index contributed by atoms with van der Waals surface area (Å²) in [7, 11) is 0. The van der Waals surface area contributed by atoms with E-state index in [0.717, 1.165) is 40.8 Å². The molecule has 2 atom stereocenters. The largest absolute Gasteiger partial charge is 0.347 e. The maximum atomic E-state index is 12.8. The first-order valence-electron chi connectivity index (χ1n) is 8.68. The molecule has 4 heterocycles. The van der Waals surface area contributed by atoms with Crippen molar-refractivity contribution in [1.29, 1.82) is 0 Å². The second-order valence-electron chi connectivity index (χ2n) is 6.97. The Morgan fingerprint density at radius 1 is 1.40 bits per heavy atom. The van der Waals surface area contributed by atoms with Gasteiger partial charge in [0.1, 0.15) is 5.56 Å². The fourth-order valence-electron chi connectivity index (χ4n) is 3.96. The van der Waals surface area contributed by atoms with E-state index in [1.807, 2.05) is 24.5 Å². The molecule has 0 aliphatic carbocycles. The van der Waals surface area contributed by atoms with Crippen molar-refractivity contribution in [3.63, 3.8) is 0 Å². The number of pyridine rings is 1. The van der Waals surface area contributed by atoms with Crippen molar-refractivity contribution in [2.45, 2.75) is 39.3 Å². The fourth-order valence-corrected chi connectivity index (χ4v) is 4.83. The van der Waals surface area contributed by atoms with Crippen molar-refractivity contribution < 1.29 is 4.79 Å². The number of piperidine rings is 1. The minimum absolute atomic E-state index is 0.163. The summed E-state index contributed by atoms with van der Waals surface area (Å²) in [6, 6.07) is 3.63. The van der Waals surface area contributed by atoms with E-state index < -0.39 is 0 Å². The van der Waals surface area contributed by atoms with Crippen LogP contribution in [0.1, 0.15) is 44.0 Å². The van der Waals surface area contributed by atoms with Gasteiger partial charge in [0.2, 0.25) is 0 Å². The summed E-state index contributed by atoms with van der Waals surface area (Å²) in [4.78, 5) is 30.8. The average Bonchev–Trinajstić information content (AvgIpc) is 2.91. The number of fused-ring (bicyclic) bond motifs is 4. The molecule has 7 heteroatoms. The van der Waals surface area contributed by atoms with E-state index in [4.69, 9.17) is 0 Å². The first kappa shape index (κ1) is 16.5. The maximum Gasteiger partial charge on any atom is 0.263 e. The molecule has 132 valence electrons. The van der Waals surface area contributed by atoms with E-state index in [1.165, 1.54) is 0 Å². The van der Waals surface area contributed by atoms with Crippen LogP contribution in [0.25, 0.3) is 0 Å². The molecule has 0 radical (unpaired) electrons. The number of thiazole rings is 1. The van der Waals surface area contributed by atoms with E-state index in [-0.39, 0.29) is 17.0 Å². The molecule has 2 N–H and O–H groups in total. The molecule has 1 saturated heterocycles. The van der Waals surface area contributed by atoms with Crippen LogP contribution in [-0.2, 0) is 13.1 Å². The number of aryl methyl sites for hydroxylation is 2. The van der Waals surface area contributed by atoms with Crippen molar-refractivity contribution >= 4 is 17.2 Å². The molecular weight excluding hydrogens is 336 g/mol. The lowest BCUT2D eigenvalue weighted by Gasteiger charge is -2.37. The number of hydrogen-bond acceptors (Lipinski definition) is 5. The van der Waals surface area contributed by atoms with Gasteiger partial charge in [0.15, 0.2) is 0 Å². The maximum absolute atomic E-state index is 12.8. The third-order valence-electron chi connectivity index (χ3n) is 5.16. The summed E-state index contributed by atoms with van der Waals surface area (Å²) in [5.41, 5.74) is 2.06. The molecule has 2 aliphatic heterocycles. The third kappa shape index (κ3) is 3.02. The summed E-state index contributed by atoms with van der Waals surface area (Å²) >= 11 is 1.57. The van der Waals surface area contributed by atoms with Crippen LogP contribution in [-0.4, -0.2) is 28.5 Å². The van der Waals surface area contributed by atoms with Crippen molar-refractivity contribution in [2.24, 2.45) is 5.92 Å². The average molecular weight is 358 g/mol. The highest BCUT2D eigenvalue weighted by molar-refractivity contribution is 7.11. The fraction of sp³-hybridized carbons (Fsp3) is 0.500. The first-order chi connectivity index (χ1) is 12.0. The van der Waals surface area contributed by atoms with Gasteiger partial charge in [0.05, 0.1) is 17.2 Å². The summed E-state index contributed by atoms with van der Waals surface area (Å²) in [6.45, 7) is 6.85. The Balaban J connectivity index is 1.56. The summed E-state index contributed by atoms with van der Waals surface area (Å²) in [6.07, 6.45) is 1.13. The summed E-state index contributed by atoms with van der Waals surface area (Å²) in [5.74, 6) is 0.546. The van der Waals surface area contributed by atoms with Crippen molar-refractivity contribution in [3.8, 4) is 0 Å². The molecule has 0 saturated carbocycles. The van der Waals surface area contributed by atoms with Gasteiger partial charge < -0.3 is 15.2 Å². The van der Waals surface area contributed by atoms with E-state index in [9.17, 15) is 9.59 Å². The quantitative estimate of drug-likeness (QED) is 0.873. The van der Waals surface area contributed by atoms with Crippen molar-refractivity contribution in [1.82, 2.24) is 20.2 Å². The zero-order valence-electron chi connectivity index (χ0n) is 14.5. The van der Waals surface area contributed by atoms with Crippen LogP contribution in [0.15, 0.2) is 16.9 Å². The van der Waals surface area contributed by atoms with Crippen molar-refractivity contribution in [3.05, 3.63) is 49.3 Å². The minimum Gasteiger partial charge on any atom is -0.347 e. The molecule has 6 nitrogen and oxygen atoms in total. The number of hydrogen-bond donors (Lipinski definition) is 2. The van der Waals surface area contributed by atoms with Gasteiger partial charge in [-0.1, -0.05) is 0 Å². The van der Waals surface area contributed by atoms with Crippen LogP contribution in [0.5, 0.6) is 0 Å². The Morgan fingerprint density at radius 2 is 2.24 bits per heavy atom. The SMILES string of the molecule is Cc1nc(C)c(CNC(=O)c2ccc3n(c2=O)C[C@@H]2CNC[C@H]3C2)s1. The Kier molecular flexibility index (Phi) is 4.21. The van der Waals surface area contributed by atoms with Crippen LogP contribution < -0.4 is 16.2 Å². The molecule has 1 amide bonds. The van der Waals surface area contributed by atoms with E-state index in [0.29, 0.717) is 24.9 Å². The normalized spacial score (nSPS) is 21.7. The molecule has 0 aromatic carbocycles. The second kappa shape index (κ2) is 6.38. The molecule has 4 rings (SSSR count). The molecule has 2 bridgehead atoms. The van der Waals surface area contributed by atoms with Crippen LogP contribution >= 0.6 is 11.3 Å². The molecule has 2 aliphatic rings. The van der Waals surface area contributed by atoms with Gasteiger partial charge in [-0.05, 0) is 44.9 Å². The molecule has 0 spiro atoms. The molecular formula is C18H22N4O2S. The summed E-state index contributed by atoms with van der Waals surface area (Å²) < 4.78 is 1.82. The van der Waals surface area contributed by atoms with Gasteiger partial charge in [-0.15, -0.1) is 11.3 Å². The first-order valence-corrected chi connectivity index (χ1v) is 9.50. The number of rotatable bonds is 3. The predicted molar refractivity (Wildman–Crippen MR) is 97.2 cm³/mol. The highest BCUT2D eigenvalue weighted by Crippen LogP contribution is 2.31. The number of nitrogens with one attached hydrogen (secondary N) is 2. The topological polar surface area (TPSA) is 76.0 Å². The Labute approximate surface area is 150 Å². The number of aromatic nitrogens is 2. The lowest BCUT2D eigenvalue weighted by atomic mass is 9.84. The second-order valence-corrected chi connectivity index (χ2v) is 8.26. The van der Waals surface area contributed by atoms with Gasteiger partial charge in [0.25, 0.3) is 11.5 Å². The van der Waals surface area contributed by atoms with E-state index in [2.05, 4.69) is 15.6 Å². The number of carbonyl (C=O) groups is 1. The van der Waals surface area contributed by atoms with Gasteiger partial charge >= 0.3 is 0 Å². The standard InChI is InChI=1S/C18H22N4O2S/c1-10-16(25-11(2)21-10)8-20-17(23)14-3-4-15-13-5-12(6-19-7-13)9-22(15)18(14)24/h3-4,12-13,19H,5-9H2,1-2H3,(H,20,23)/t12-,13+/m0/s1. The molecule has 2 aromatic rings. The lowest BCUT2D eigenvalue weighted by Crippen LogP contribution is -2.46. The highest BCUT2D eigenvalue weighted by Gasteiger charge is 2.31. The monoisotopic (exact) mass is 358 g/mol. The molecule has 2 aromatic heterocycles. The molecule has 25 heavy (non-hydrogen) atoms.